The van der Waals surface area contributed by atoms with E-state index in [1.807, 2.05) is 0 Å². The minimum absolute atomic E-state index is 0.0255. The number of rotatable bonds is 3. The lowest BCUT2D eigenvalue weighted by atomic mass is 9.94. The van der Waals surface area contributed by atoms with Crippen LogP contribution in [-0.4, -0.2) is 32.4 Å². The van der Waals surface area contributed by atoms with Crippen molar-refractivity contribution in [3.8, 4) is 0 Å². The average molecular weight is 313 g/mol. The Morgan fingerprint density at radius 1 is 1.35 bits per heavy atom. The molecule has 1 amide bonds. The number of sulfone groups is 1. The van der Waals surface area contributed by atoms with E-state index in [9.17, 15) is 13.2 Å². The number of aryl methyl sites for hydroxylation is 1. The summed E-state index contributed by atoms with van der Waals surface area (Å²) in [6.07, 6.45) is 5.13. The van der Waals surface area contributed by atoms with Crippen LogP contribution in [-0.2, 0) is 22.7 Å². The number of nitrogens with one attached hydrogen (secondary N) is 1. The Bertz CT molecular complexity index is 618. The van der Waals surface area contributed by atoms with Crippen LogP contribution in [0, 0.1) is 5.92 Å². The highest BCUT2D eigenvalue weighted by Gasteiger charge is 2.28. The second kappa shape index (κ2) is 5.48. The summed E-state index contributed by atoms with van der Waals surface area (Å²) >= 11 is 1.53. The summed E-state index contributed by atoms with van der Waals surface area (Å²) in [4.78, 5) is 13.1. The second-order valence-corrected chi connectivity index (χ2v) is 8.86. The highest BCUT2D eigenvalue weighted by Crippen LogP contribution is 2.29. The van der Waals surface area contributed by atoms with Gasteiger partial charge < -0.3 is 5.32 Å². The molecule has 1 aromatic heterocycles. The fourth-order valence-corrected chi connectivity index (χ4v) is 6.00. The summed E-state index contributed by atoms with van der Waals surface area (Å²) in [7, 11) is -2.86. The third kappa shape index (κ3) is 2.91. The maximum atomic E-state index is 12.2. The Hall–Kier alpha value is -0.880. The molecule has 6 heteroatoms. The van der Waals surface area contributed by atoms with Gasteiger partial charge in [0.2, 0.25) is 0 Å². The lowest BCUT2D eigenvalue weighted by Gasteiger charge is -2.13. The maximum absolute atomic E-state index is 12.2. The summed E-state index contributed by atoms with van der Waals surface area (Å²) in [6.45, 7) is 0.477. The molecule has 1 aliphatic carbocycles. The van der Waals surface area contributed by atoms with Gasteiger partial charge in [-0.05, 0) is 54.5 Å². The van der Waals surface area contributed by atoms with E-state index < -0.39 is 9.84 Å². The Labute approximate surface area is 123 Å². The van der Waals surface area contributed by atoms with Crippen molar-refractivity contribution in [2.24, 2.45) is 5.92 Å². The molecule has 0 unspecified atom stereocenters. The van der Waals surface area contributed by atoms with Gasteiger partial charge in [-0.15, -0.1) is 11.3 Å². The molecule has 1 saturated heterocycles. The molecule has 3 rings (SSSR count). The van der Waals surface area contributed by atoms with E-state index in [4.69, 9.17) is 0 Å². The van der Waals surface area contributed by atoms with E-state index in [-0.39, 0.29) is 23.3 Å². The van der Waals surface area contributed by atoms with Gasteiger partial charge in [0.15, 0.2) is 9.84 Å². The van der Waals surface area contributed by atoms with Crippen LogP contribution in [0.5, 0.6) is 0 Å². The fourth-order valence-electron chi connectivity index (χ4n) is 3.06. The molecule has 2 heterocycles. The third-order valence-electron chi connectivity index (χ3n) is 4.19. The molecule has 1 fully saturated rings. The van der Waals surface area contributed by atoms with Crippen molar-refractivity contribution < 1.29 is 13.2 Å². The molecule has 1 aromatic rings. The van der Waals surface area contributed by atoms with Crippen LogP contribution in [0.1, 0.15) is 40.1 Å². The van der Waals surface area contributed by atoms with Crippen LogP contribution >= 0.6 is 11.3 Å². The molecule has 1 N–H and O–H groups in total. The number of hydrogen-bond acceptors (Lipinski definition) is 4. The van der Waals surface area contributed by atoms with Crippen LogP contribution < -0.4 is 5.32 Å². The van der Waals surface area contributed by atoms with Crippen molar-refractivity contribution in [1.82, 2.24) is 5.32 Å². The molecule has 1 atom stereocenters. The normalized spacial score (nSPS) is 24.3. The number of amides is 1. The first-order valence-corrected chi connectivity index (χ1v) is 9.83. The summed E-state index contributed by atoms with van der Waals surface area (Å²) in [5.74, 6) is 0.541. The zero-order chi connectivity index (χ0) is 14.2. The largest absolute Gasteiger partial charge is 0.351 e. The summed E-state index contributed by atoms with van der Waals surface area (Å²) in [5.41, 5.74) is 2.55. The number of carbonyl (C=O) groups excluding carboxylic acids is 1. The Balaban J connectivity index is 1.61. The topological polar surface area (TPSA) is 63.2 Å². The van der Waals surface area contributed by atoms with Crippen molar-refractivity contribution in [2.45, 2.75) is 32.1 Å². The molecule has 0 saturated carbocycles. The number of thiophene rings is 1. The SMILES string of the molecule is O=C(NC[C@@H]1CCS(=O)(=O)C1)c1scc2c1CCCC2. The van der Waals surface area contributed by atoms with E-state index in [0.29, 0.717) is 13.0 Å². The molecule has 20 heavy (non-hydrogen) atoms. The monoisotopic (exact) mass is 313 g/mol. The van der Waals surface area contributed by atoms with E-state index in [1.54, 1.807) is 0 Å². The number of hydrogen-bond donors (Lipinski definition) is 1. The lowest BCUT2D eigenvalue weighted by molar-refractivity contribution is 0.0951. The maximum Gasteiger partial charge on any atom is 0.261 e. The molecular formula is C14H19NO3S2. The van der Waals surface area contributed by atoms with Gasteiger partial charge in [-0.25, -0.2) is 8.42 Å². The van der Waals surface area contributed by atoms with Gasteiger partial charge in [-0.3, -0.25) is 4.79 Å². The van der Waals surface area contributed by atoms with Crippen LogP contribution in [0.2, 0.25) is 0 Å². The highest BCUT2D eigenvalue weighted by atomic mass is 32.2. The molecule has 4 nitrogen and oxygen atoms in total. The van der Waals surface area contributed by atoms with Crippen LogP contribution in [0.3, 0.4) is 0 Å². The molecule has 0 aromatic carbocycles. The van der Waals surface area contributed by atoms with Gasteiger partial charge in [0.05, 0.1) is 16.4 Å². The molecule has 0 spiro atoms. The van der Waals surface area contributed by atoms with Gasteiger partial charge in [-0.1, -0.05) is 0 Å². The molecule has 0 bridgehead atoms. The predicted octanol–water partition coefficient (Wildman–Crippen LogP) is 1.79. The lowest BCUT2D eigenvalue weighted by Crippen LogP contribution is -2.30. The number of carbonyl (C=O) groups is 1. The third-order valence-corrected chi connectivity index (χ3v) is 7.09. The summed E-state index contributed by atoms with van der Waals surface area (Å²) < 4.78 is 22.8. The first-order chi connectivity index (χ1) is 9.55. The average Bonchev–Trinajstić information content (AvgIpc) is 2.99. The van der Waals surface area contributed by atoms with E-state index in [0.717, 1.165) is 24.1 Å². The Morgan fingerprint density at radius 2 is 2.15 bits per heavy atom. The molecule has 1 aliphatic heterocycles. The first-order valence-electron chi connectivity index (χ1n) is 7.13. The van der Waals surface area contributed by atoms with Gasteiger partial charge >= 0.3 is 0 Å². The molecule has 110 valence electrons. The van der Waals surface area contributed by atoms with Crippen LogP contribution in [0.15, 0.2) is 5.38 Å². The van der Waals surface area contributed by atoms with Gasteiger partial charge in [0.25, 0.3) is 5.91 Å². The van der Waals surface area contributed by atoms with Crippen molar-refractivity contribution in [2.75, 3.05) is 18.1 Å². The van der Waals surface area contributed by atoms with Gasteiger partial charge in [0.1, 0.15) is 0 Å². The van der Waals surface area contributed by atoms with E-state index in [1.165, 1.54) is 28.9 Å². The van der Waals surface area contributed by atoms with Crippen LogP contribution in [0.25, 0.3) is 0 Å². The van der Waals surface area contributed by atoms with Crippen molar-refractivity contribution in [3.05, 3.63) is 21.4 Å². The van der Waals surface area contributed by atoms with Gasteiger partial charge in [-0.2, -0.15) is 0 Å². The Kier molecular flexibility index (Phi) is 3.86. The standard InChI is InChI=1S/C14H19NO3S2/c16-14(15-7-10-5-6-20(17,18)9-10)13-12-4-2-1-3-11(12)8-19-13/h8,10H,1-7,9H2,(H,15,16)/t10-/m0/s1. The zero-order valence-corrected chi connectivity index (χ0v) is 13.0. The smallest absolute Gasteiger partial charge is 0.261 e. The fraction of sp³-hybridized carbons (Fsp3) is 0.643. The zero-order valence-electron chi connectivity index (χ0n) is 11.4. The summed E-state index contributed by atoms with van der Waals surface area (Å²) in [5, 5.41) is 5.02. The van der Waals surface area contributed by atoms with E-state index >= 15 is 0 Å². The van der Waals surface area contributed by atoms with Gasteiger partial charge in [0, 0.05) is 6.54 Å². The number of fused-ring (bicyclic) bond motifs is 1. The predicted molar refractivity (Wildman–Crippen MR) is 80.1 cm³/mol. The summed E-state index contributed by atoms with van der Waals surface area (Å²) in [6, 6.07) is 0. The quantitative estimate of drug-likeness (QED) is 0.925. The van der Waals surface area contributed by atoms with Crippen molar-refractivity contribution in [1.29, 1.82) is 0 Å². The minimum Gasteiger partial charge on any atom is -0.351 e. The van der Waals surface area contributed by atoms with Crippen molar-refractivity contribution >= 4 is 27.1 Å². The minimum atomic E-state index is -2.86. The first kappa shape index (κ1) is 14.1. The molecule has 0 radical (unpaired) electrons. The highest BCUT2D eigenvalue weighted by molar-refractivity contribution is 7.91. The second-order valence-electron chi connectivity index (χ2n) is 5.75. The van der Waals surface area contributed by atoms with Crippen molar-refractivity contribution in [3.63, 3.8) is 0 Å². The molecular weight excluding hydrogens is 294 g/mol. The van der Waals surface area contributed by atoms with Crippen LogP contribution in [0.4, 0.5) is 0 Å². The molecule has 2 aliphatic rings. The Morgan fingerprint density at radius 3 is 2.90 bits per heavy atom. The van der Waals surface area contributed by atoms with E-state index in [2.05, 4.69) is 10.7 Å².